The Kier molecular flexibility index (Phi) is 4.28. The van der Waals surface area contributed by atoms with Crippen LogP contribution < -0.4 is 14.8 Å². The van der Waals surface area contributed by atoms with Gasteiger partial charge in [0.2, 0.25) is 12.7 Å². The summed E-state index contributed by atoms with van der Waals surface area (Å²) in [4.78, 5) is 16.7. The van der Waals surface area contributed by atoms with Crippen LogP contribution in [0.4, 0.5) is 0 Å². The lowest BCUT2D eigenvalue weighted by molar-refractivity contribution is -0.118. The topological polar surface area (TPSA) is 64.9 Å². The molecule has 1 aliphatic rings. The molecule has 7 heteroatoms. The second kappa shape index (κ2) is 6.63. The van der Waals surface area contributed by atoms with E-state index in [1.54, 1.807) is 6.08 Å². The number of aromatic nitrogens is 2. The normalized spacial score (nSPS) is 13.4. The third-order valence-electron chi connectivity index (χ3n) is 4.44. The van der Waals surface area contributed by atoms with E-state index in [0.29, 0.717) is 22.3 Å². The Balaban J connectivity index is 1.53. The number of pyridine rings is 1. The number of hydrogen-bond acceptors (Lipinski definition) is 4. The maximum Gasteiger partial charge on any atom is 0.244 e. The zero-order chi connectivity index (χ0) is 19.0. The quantitative estimate of drug-likeness (QED) is 0.696. The Morgan fingerprint density at radius 2 is 2.07 bits per heavy atom. The first-order chi connectivity index (χ1) is 12.9. The first-order valence-corrected chi connectivity index (χ1v) is 8.85. The number of rotatable bonds is 4. The van der Waals surface area contributed by atoms with Gasteiger partial charge in [0.25, 0.3) is 0 Å². The van der Waals surface area contributed by atoms with E-state index in [-0.39, 0.29) is 12.7 Å². The molecule has 0 aliphatic carbocycles. The molecule has 3 aromatic rings. The molecule has 0 unspecified atom stereocenters. The van der Waals surface area contributed by atoms with E-state index in [1.807, 2.05) is 60.8 Å². The summed E-state index contributed by atoms with van der Waals surface area (Å²) in [6.07, 6.45) is 4.97. The molecule has 27 heavy (non-hydrogen) atoms. The maximum absolute atomic E-state index is 12.5. The number of fused-ring (bicyclic) bond motifs is 2. The van der Waals surface area contributed by atoms with Crippen molar-refractivity contribution >= 4 is 29.2 Å². The van der Waals surface area contributed by atoms with Crippen molar-refractivity contribution in [2.75, 3.05) is 6.79 Å². The number of ether oxygens (including phenoxy) is 2. The molecule has 6 nitrogen and oxygen atoms in total. The lowest BCUT2D eigenvalue weighted by Gasteiger charge is -2.26. The summed E-state index contributed by atoms with van der Waals surface area (Å²) < 4.78 is 12.6. The second-order valence-electron chi connectivity index (χ2n) is 6.73. The number of nitrogens with zero attached hydrogens (tertiary/aromatic N) is 2. The lowest BCUT2D eigenvalue weighted by atomic mass is 9.94. The molecule has 1 amide bonds. The van der Waals surface area contributed by atoms with E-state index < -0.39 is 5.54 Å². The van der Waals surface area contributed by atoms with Crippen molar-refractivity contribution in [3.8, 4) is 11.5 Å². The highest BCUT2D eigenvalue weighted by molar-refractivity contribution is 6.31. The van der Waals surface area contributed by atoms with E-state index in [1.165, 1.54) is 6.08 Å². The first kappa shape index (κ1) is 17.4. The lowest BCUT2D eigenvalue weighted by Crippen LogP contribution is -2.40. The van der Waals surface area contributed by atoms with E-state index in [0.717, 1.165) is 11.2 Å². The van der Waals surface area contributed by atoms with Crippen LogP contribution in [0.2, 0.25) is 5.15 Å². The van der Waals surface area contributed by atoms with Gasteiger partial charge >= 0.3 is 0 Å². The SMILES string of the molecule is CC(C)(NC(=O)/C=C/c1c(Cl)nc2ccccn12)c1ccc2c(c1)OCO2. The van der Waals surface area contributed by atoms with Crippen molar-refractivity contribution in [2.45, 2.75) is 19.4 Å². The molecule has 0 radical (unpaired) electrons. The van der Waals surface area contributed by atoms with Crippen molar-refractivity contribution in [3.05, 3.63) is 65.1 Å². The van der Waals surface area contributed by atoms with Gasteiger partial charge in [-0.1, -0.05) is 23.7 Å². The van der Waals surface area contributed by atoms with Gasteiger partial charge in [0, 0.05) is 12.3 Å². The van der Waals surface area contributed by atoms with E-state index in [9.17, 15) is 4.79 Å². The minimum atomic E-state index is -0.592. The molecule has 0 saturated heterocycles. The molecular formula is C20H18ClN3O3. The fraction of sp³-hybridized carbons (Fsp3) is 0.200. The number of carbonyl (C=O) groups excluding carboxylic acids is 1. The van der Waals surface area contributed by atoms with Crippen LogP contribution in [0.5, 0.6) is 11.5 Å². The van der Waals surface area contributed by atoms with Crippen LogP contribution in [-0.2, 0) is 10.3 Å². The second-order valence-corrected chi connectivity index (χ2v) is 7.09. The summed E-state index contributed by atoms with van der Waals surface area (Å²) in [5.74, 6) is 1.16. The van der Waals surface area contributed by atoms with Crippen molar-refractivity contribution in [1.29, 1.82) is 0 Å². The highest BCUT2D eigenvalue weighted by atomic mass is 35.5. The molecule has 3 heterocycles. The largest absolute Gasteiger partial charge is 0.454 e. The van der Waals surface area contributed by atoms with Crippen molar-refractivity contribution in [3.63, 3.8) is 0 Å². The van der Waals surface area contributed by atoms with Gasteiger partial charge in [0.05, 0.1) is 11.2 Å². The summed E-state index contributed by atoms with van der Waals surface area (Å²) in [5.41, 5.74) is 1.71. The number of benzene rings is 1. The Bertz CT molecular complexity index is 1060. The van der Waals surface area contributed by atoms with Gasteiger partial charge < -0.3 is 14.8 Å². The van der Waals surface area contributed by atoms with Crippen LogP contribution in [0.1, 0.15) is 25.1 Å². The first-order valence-electron chi connectivity index (χ1n) is 8.47. The van der Waals surface area contributed by atoms with Crippen molar-refractivity contribution < 1.29 is 14.3 Å². The molecule has 0 fully saturated rings. The maximum atomic E-state index is 12.5. The smallest absolute Gasteiger partial charge is 0.244 e. The van der Waals surface area contributed by atoms with Crippen molar-refractivity contribution in [2.24, 2.45) is 0 Å². The Morgan fingerprint density at radius 1 is 1.26 bits per heavy atom. The highest BCUT2D eigenvalue weighted by Gasteiger charge is 2.25. The zero-order valence-electron chi connectivity index (χ0n) is 14.9. The molecule has 0 spiro atoms. The van der Waals surface area contributed by atoms with Crippen LogP contribution in [0.15, 0.2) is 48.7 Å². The molecule has 2 aromatic heterocycles. The average molecular weight is 384 g/mol. The molecule has 1 aromatic carbocycles. The fourth-order valence-corrected chi connectivity index (χ4v) is 3.24. The molecule has 0 saturated carbocycles. The highest BCUT2D eigenvalue weighted by Crippen LogP contribution is 2.35. The Labute approximate surface area is 161 Å². The van der Waals surface area contributed by atoms with Crippen LogP contribution in [0, 0.1) is 0 Å². The summed E-state index contributed by atoms with van der Waals surface area (Å²) in [5, 5.41) is 3.35. The molecule has 0 bridgehead atoms. The summed E-state index contributed by atoms with van der Waals surface area (Å²) >= 11 is 6.19. The van der Waals surface area contributed by atoms with Crippen LogP contribution in [0.25, 0.3) is 11.7 Å². The van der Waals surface area contributed by atoms with Gasteiger partial charge in [-0.15, -0.1) is 0 Å². The third-order valence-corrected chi connectivity index (χ3v) is 4.72. The number of imidazole rings is 1. The van der Waals surface area contributed by atoms with Gasteiger partial charge in [0.15, 0.2) is 16.7 Å². The molecule has 4 rings (SSSR count). The number of carbonyl (C=O) groups is 1. The van der Waals surface area contributed by atoms with Crippen LogP contribution in [0.3, 0.4) is 0 Å². The van der Waals surface area contributed by atoms with E-state index >= 15 is 0 Å². The fourth-order valence-electron chi connectivity index (χ4n) is 3.00. The Hall–Kier alpha value is -2.99. The molecule has 138 valence electrons. The summed E-state index contributed by atoms with van der Waals surface area (Å²) in [6.45, 7) is 4.07. The van der Waals surface area contributed by atoms with E-state index in [4.69, 9.17) is 21.1 Å². The van der Waals surface area contributed by atoms with Crippen LogP contribution in [-0.4, -0.2) is 22.1 Å². The minimum absolute atomic E-state index is 0.217. The number of amides is 1. The van der Waals surface area contributed by atoms with E-state index in [2.05, 4.69) is 10.3 Å². The molecular weight excluding hydrogens is 366 g/mol. The van der Waals surface area contributed by atoms with Crippen LogP contribution >= 0.6 is 11.6 Å². The number of nitrogens with one attached hydrogen (secondary N) is 1. The van der Waals surface area contributed by atoms with Gasteiger partial charge in [-0.25, -0.2) is 4.98 Å². The predicted octanol–water partition coefficient (Wildman–Crippen LogP) is 3.78. The molecule has 1 N–H and O–H groups in total. The number of hydrogen-bond donors (Lipinski definition) is 1. The standard InChI is InChI=1S/C20H18ClN3O3/c1-20(2,13-6-8-15-16(11-13)27-12-26-15)23-18(25)9-7-14-19(21)22-17-5-3-4-10-24(14)17/h3-11H,12H2,1-2H3,(H,23,25)/b9-7+. The monoisotopic (exact) mass is 383 g/mol. The summed E-state index contributed by atoms with van der Waals surface area (Å²) in [6, 6.07) is 11.3. The third kappa shape index (κ3) is 3.36. The average Bonchev–Trinajstić information content (AvgIpc) is 3.22. The minimum Gasteiger partial charge on any atom is -0.454 e. The Morgan fingerprint density at radius 3 is 2.93 bits per heavy atom. The summed E-state index contributed by atoms with van der Waals surface area (Å²) in [7, 11) is 0. The zero-order valence-corrected chi connectivity index (χ0v) is 15.7. The number of halogens is 1. The van der Waals surface area contributed by atoms with Gasteiger partial charge in [-0.2, -0.15) is 0 Å². The molecule has 1 aliphatic heterocycles. The predicted molar refractivity (Wildman–Crippen MR) is 103 cm³/mol. The molecule has 0 atom stereocenters. The van der Waals surface area contributed by atoms with Gasteiger partial charge in [-0.05, 0) is 49.8 Å². The van der Waals surface area contributed by atoms with Gasteiger partial charge in [-0.3, -0.25) is 9.20 Å². The van der Waals surface area contributed by atoms with Crippen molar-refractivity contribution in [1.82, 2.24) is 14.7 Å². The van der Waals surface area contributed by atoms with Gasteiger partial charge in [0.1, 0.15) is 5.65 Å².